The van der Waals surface area contributed by atoms with Gasteiger partial charge in [-0.1, -0.05) is 12.1 Å². The van der Waals surface area contributed by atoms with E-state index < -0.39 is 10.0 Å². The van der Waals surface area contributed by atoms with Gasteiger partial charge in [0.25, 0.3) is 0 Å². The van der Waals surface area contributed by atoms with Crippen LogP contribution in [0.25, 0.3) is 0 Å². The molecule has 23 heavy (non-hydrogen) atoms. The fourth-order valence-corrected chi connectivity index (χ4v) is 2.49. The van der Waals surface area contributed by atoms with Crippen LogP contribution in [-0.2, 0) is 14.8 Å². The van der Waals surface area contributed by atoms with Gasteiger partial charge in [-0.2, -0.15) is 0 Å². The summed E-state index contributed by atoms with van der Waals surface area (Å²) >= 11 is 0. The first-order valence-electron chi connectivity index (χ1n) is 7.48. The molecule has 0 heterocycles. The number of urea groups is 1. The minimum absolute atomic E-state index is 0.0523. The number of nitrogens with one attached hydrogen (secondary N) is 1. The van der Waals surface area contributed by atoms with Gasteiger partial charge >= 0.3 is 6.03 Å². The highest BCUT2D eigenvalue weighted by Crippen LogP contribution is 2.20. The third kappa shape index (κ3) is 6.17. The smallest absolute Gasteiger partial charge is 0.317 e. The molecule has 0 aliphatic carbocycles. The molecule has 0 saturated heterocycles. The van der Waals surface area contributed by atoms with Crippen LogP contribution in [0.1, 0.15) is 31.9 Å². The number of sulfonamides is 1. The minimum Gasteiger partial charge on any atom is -0.382 e. The lowest BCUT2D eigenvalue weighted by molar-refractivity contribution is 0.143. The summed E-state index contributed by atoms with van der Waals surface area (Å²) in [6.07, 6.45) is 0.755. The van der Waals surface area contributed by atoms with Crippen LogP contribution >= 0.6 is 0 Å². The van der Waals surface area contributed by atoms with Crippen molar-refractivity contribution in [2.24, 2.45) is 5.14 Å². The molecule has 0 fully saturated rings. The summed E-state index contributed by atoms with van der Waals surface area (Å²) in [6, 6.07) is 5.80. The van der Waals surface area contributed by atoms with Crippen LogP contribution in [0.2, 0.25) is 0 Å². The average molecular weight is 343 g/mol. The Bertz CT molecular complexity index is 602. The second kappa shape index (κ2) is 8.85. The summed E-state index contributed by atoms with van der Waals surface area (Å²) in [4.78, 5) is 13.7. The van der Waals surface area contributed by atoms with Crippen LogP contribution in [-0.4, -0.2) is 46.2 Å². The van der Waals surface area contributed by atoms with Crippen molar-refractivity contribution in [1.29, 1.82) is 0 Å². The molecule has 0 radical (unpaired) electrons. The number of hydrogen-bond donors (Lipinski definition) is 2. The molecular formula is C15H25N3O4S. The number of nitrogens with zero attached hydrogens (tertiary/aromatic N) is 1. The molecule has 0 bridgehead atoms. The van der Waals surface area contributed by atoms with Crippen molar-refractivity contribution in [3.05, 3.63) is 29.8 Å². The van der Waals surface area contributed by atoms with E-state index in [2.05, 4.69) is 5.32 Å². The van der Waals surface area contributed by atoms with E-state index in [1.54, 1.807) is 24.1 Å². The van der Waals surface area contributed by atoms with Crippen molar-refractivity contribution in [2.75, 3.05) is 26.8 Å². The van der Waals surface area contributed by atoms with Crippen LogP contribution in [0.3, 0.4) is 0 Å². The normalized spacial score (nSPS) is 12.7. The van der Waals surface area contributed by atoms with Gasteiger partial charge in [-0.3, -0.25) is 0 Å². The van der Waals surface area contributed by atoms with Gasteiger partial charge in [0.05, 0.1) is 10.9 Å². The molecule has 7 nitrogen and oxygen atoms in total. The fourth-order valence-electron chi connectivity index (χ4n) is 1.97. The number of hydrogen-bond acceptors (Lipinski definition) is 4. The maximum Gasteiger partial charge on any atom is 0.317 e. The number of ether oxygens (including phenoxy) is 1. The fraction of sp³-hybridized carbons (Fsp3) is 0.533. The number of nitrogens with two attached hydrogens (primary N) is 1. The van der Waals surface area contributed by atoms with Gasteiger partial charge in [0.2, 0.25) is 10.0 Å². The lowest BCUT2D eigenvalue weighted by Gasteiger charge is -2.25. The number of amides is 2. The standard InChI is InChI=1S/C15H25N3O4S/c1-4-22-11-5-10-17-15(19)18(3)12(2)13-6-8-14(9-7-13)23(16,20)21/h6-9,12H,4-5,10-11H2,1-3H3,(H,17,19)(H2,16,20,21)/t12-/m1/s1. The minimum atomic E-state index is -3.71. The Morgan fingerprint density at radius 3 is 2.48 bits per heavy atom. The van der Waals surface area contributed by atoms with Crippen molar-refractivity contribution in [3.8, 4) is 0 Å². The molecule has 8 heteroatoms. The highest BCUT2D eigenvalue weighted by molar-refractivity contribution is 7.89. The number of rotatable bonds is 8. The van der Waals surface area contributed by atoms with E-state index in [4.69, 9.17) is 9.88 Å². The van der Waals surface area contributed by atoms with Crippen LogP contribution in [0.5, 0.6) is 0 Å². The molecule has 0 aromatic heterocycles. The van der Waals surface area contributed by atoms with Gasteiger partial charge < -0.3 is 15.0 Å². The van der Waals surface area contributed by atoms with Gasteiger partial charge in [-0.25, -0.2) is 18.4 Å². The summed E-state index contributed by atoms with van der Waals surface area (Å²) in [7, 11) is -2.02. The molecule has 0 spiro atoms. The van der Waals surface area contributed by atoms with Crippen LogP contribution in [0.15, 0.2) is 29.2 Å². The summed E-state index contributed by atoms with van der Waals surface area (Å²) in [5.41, 5.74) is 0.823. The SMILES string of the molecule is CCOCCCNC(=O)N(C)[C@H](C)c1ccc(S(N)(=O)=O)cc1. The van der Waals surface area contributed by atoms with E-state index >= 15 is 0 Å². The van der Waals surface area contributed by atoms with Crippen molar-refractivity contribution < 1.29 is 17.9 Å². The van der Waals surface area contributed by atoms with Gasteiger partial charge in [0, 0.05) is 26.8 Å². The largest absolute Gasteiger partial charge is 0.382 e. The van der Waals surface area contributed by atoms with E-state index in [9.17, 15) is 13.2 Å². The van der Waals surface area contributed by atoms with Crippen LogP contribution in [0.4, 0.5) is 4.79 Å². The Labute approximate surface area is 137 Å². The third-order valence-electron chi connectivity index (χ3n) is 3.54. The van der Waals surface area contributed by atoms with E-state index in [1.165, 1.54) is 12.1 Å². The predicted molar refractivity (Wildman–Crippen MR) is 88.5 cm³/mol. The lowest BCUT2D eigenvalue weighted by atomic mass is 10.1. The first kappa shape index (κ1) is 19.4. The van der Waals surface area contributed by atoms with Crippen molar-refractivity contribution in [1.82, 2.24) is 10.2 Å². The second-order valence-corrected chi connectivity index (χ2v) is 6.74. The van der Waals surface area contributed by atoms with E-state index in [0.29, 0.717) is 19.8 Å². The molecule has 1 aromatic carbocycles. The molecule has 0 saturated carbocycles. The lowest BCUT2D eigenvalue weighted by Crippen LogP contribution is -2.39. The van der Waals surface area contributed by atoms with Gasteiger partial charge in [0.15, 0.2) is 0 Å². The van der Waals surface area contributed by atoms with E-state index in [-0.39, 0.29) is 17.0 Å². The Morgan fingerprint density at radius 2 is 1.96 bits per heavy atom. The number of carbonyl (C=O) groups is 1. The zero-order valence-electron chi connectivity index (χ0n) is 13.8. The summed E-state index contributed by atoms with van der Waals surface area (Å²) < 4.78 is 27.7. The van der Waals surface area contributed by atoms with Gasteiger partial charge in [-0.15, -0.1) is 0 Å². The molecule has 0 aliphatic rings. The summed E-state index contributed by atoms with van der Waals surface area (Å²) in [5.74, 6) is 0. The first-order chi connectivity index (χ1) is 10.8. The molecule has 1 rings (SSSR count). The highest BCUT2D eigenvalue weighted by atomic mass is 32.2. The number of benzene rings is 1. The van der Waals surface area contributed by atoms with Gasteiger partial charge in [-0.05, 0) is 38.0 Å². The van der Waals surface area contributed by atoms with Crippen molar-refractivity contribution in [2.45, 2.75) is 31.2 Å². The zero-order chi connectivity index (χ0) is 17.5. The number of primary sulfonamides is 1. The monoisotopic (exact) mass is 343 g/mol. The second-order valence-electron chi connectivity index (χ2n) is 5.18. The summed E-state index contributed by atoms with van der Waals surface area (Å²) in [5, 5.41) is 7.89. The molecule has 2 amide bonds. The van der Waals surface area contributed by atoms with Gasteiger partial charge in [0.1, 0.15) is 0 Å². The predicted octanol–water partition coefficient (Wildman–Crippen LogP) is 1.46. The van der Waals surface area contributed by atoms with E-state index in [0.717, 1.165) is 12.0 Å². The number of carbonyl (C=O) groups excluding carboxylic acids is 1. The quantitative estimate of drug-likeness (QED) is 0.698. The van der Waals surface area contributed by atoms with Crippen molar-refractivity contribution in [3.63, 3.8) is 0 Å². The maximum atomic E-state index is 12.1. The Kier molecular flexibility index (Phi) is 7.47. The Balaban J connectivity index is 2.58. The third-order valence-corrected chi connectivity index (χ3v) is 4.47. The Morgan fingerprint density at radius 1 is 1.35 bits per heavy atom. The molecule has 3 N–H and O–H groups in total. The molecule has 1 atom stereocenters. The average Bonchev–Trinajstić information content (AvgIpc) is 2.52. The molecule has 130 valence electrons. The first-order valence-corrected chi connectivity index (χ1v) is 9.03. The maximum absolute atomic E-state index is 12.1. The van der Waals surface area contributed by atoms with Crippen LogP contribution in [0, 0.1) is 0 Å². The molecular weight excluding hydrogens is 318 g/mol. The van der Waals surface area contributed by atoms with Crippen LogP contribution < -0.4 is 10.5 Å². The summed E-state index contributed by atoms with van der Waals surface area (Å²) in [6.45, 7) is 5.62. The van der Waals surface area contributed by atoms with Crippen molar-refractivity contribution >= 4 is 16.1 Å². The highest BCUT2D eigenvalue weighted by Gasteiger charge is 2.17. The molecule has 1 aromatic rings. The topological polar surface area (TPSA) is 102 Å². The Hall–Kier alpha value is -1.64. The molecule has 0 unspecified atom stereocenters. The molecule has 0 aliphatic heterocycles. The zero-order valence-corrected chi connectivity index (χ0v) is 14.6. The van der Waals surface area contributed by atoms with E-state index in [1.807, 2.05) is 13.8 Å².